The first-order valence-electron chi connectivity index (χ1n) is 7.80. The number of hydrogen-bond acceptors (Lipinski definition) is 4. The normalized spacial score (nSPS) is 28.1. The molecule has 2 atom stereocenters. The molecule has 4 heteroatoms. The maximum Gasteiger partial charge on any atom is 0.213 e. The van der Waals surface area contributed by atoms with E-state index in [1.54, 1.807) is 7.11 Å². The molecule has 1 saturated carbocycles. The molecule has 1 aliphatic heterocycles. The molecule has 0 bridgehead atoms. The summed E-state index contributed by atoms with van der Waals surface area (Å²) in [6.07, 6.45) is 6.44. The van der Waals surface area contributed by atoms with Crippen molar-refractivity contribution in [2.45, 2.75) is 44.2 Å². The predicted octanol–water partition coefficient (Wildman–Crippen LogP) is 2.35. The number of nitrogens with two attached hydrogens (primary N) is 1. The van der Waals surface area contributed by atoms with Gasteiger partial charge in [0.15, 0.2) is 0 Å². The van der Waals surface area contributed by atoms with Gasteiger partial charge in [-0.15, -0.1) is 0 Å². The quantitative estimate of drug-likeness (QED) is 0.916. The Kier molecular flexibility index (Phi) is 4.22. The van der Waals surface area contributed by atoms with E-state index in [1.165, 1.54) is 38.6 Å². The molecule has 1 saturated heterocycles. The molecule has 0 aromatic carbocycles. The van der Waals surface area contributed by atoms with Crippen LogP contribution in [0.5, 0.6) is 5.88 Å². The van der Waals surface area contributed by atoms with Gasteiger partial charge >= 0.3 is 0 Å². The number of nitrogens with zero attached hydrogens (tertiary/aromatic N) is 2. The van der Waals surface area contributed by atoms with Gasteiger partial charge in [-0.25, -0.2) is 4.98 Å². The van der Waals surface area contributed by atoms with E-state index < -0.39 is 0 Å². The van der Waals surface area contributed by atoms with Crippen LogP contribution < -0.4 is 10.5 Å². The van der Waals surface area contributed by atoms with Crippen molar-refractivity contribution in [2.24, 2.45) is 11.7 Å². The van der Waals surface area contributed by atoms with E-state index in [0.717, 1.165) is 18.3 Å². The Hall–Kier alpha value is -1.13. The van der Waals surface area contributed by atoms with Crippen molar-refractivity contribution in [1.29, 1.82) is 0 Å². The summed E-state index contributed by atoms with van der Waals surface area (Å²) in [4.78, 5) is 7.35. The van der Waals surface area contributed by atoms with Crippen molar-refractivity contribution in [1.82, 2.24) is 9.88 Å². The first-order valence-corrected chi connectivity index (χ1v) is 7.80. The predicted molar refractivity (Wildman–Crippen MR) is 79.7 cm³/mol. The van der Waals surface area contributed by atoms with Gasteiger partial charge in [-0.05, 0) is 50.8 Å². The van der Waals surface area contributed by atoms with E-state index in [-0.39, 0.29) is 0 Å². The number of ether oxygens (including phenoxy) is 1. The van der Waals surface area contributed by atoms with Crippen LogP contribution in [0, 0.1) is 5.92 Å². The summed E-state index contributed by atoms with van der Waals surface area (Å²) in [5, 5.41) is 0. The number of hydrogen-bond donors (Lipinski definition) is 1. The topological polar surface area (TPSA) is 51.4 Å². The minimum absolute atomic E-state index is 0.366. The van der Waals surface area contributed by atoms with Crippen LogP contribution in [0.15, 0.2) is 18.2 Å². The molecular weight excluding hydrogens is 250 g/mol. The second-order valence-electron chi connectivity index (χ2n) is 6.01. The summed E-state index contributed by atoms with van der Waals surface area (Å²) in [6, 6.07) is 7.21. The van der Waals surface area contributed by atoms with Gasteiger partial charge in [-0.2, -0.15) is 0 Å². The average molecular weight is 275 g/mol. The van der Waals surface area contributed by atoms with E-state index in [9.17, 15) is 0 Å². The molecule has 1 aliphatic carbocycles. The summed E-state index contributed by atoms with van der Waals surface area (Å²) >= 11 is 0. The molecule has 2 unspecified atom stereocenters. The Morgan fingerprint density at radius 3 is 2.85 bits per heavy atom. The lowest BCUT2D eigenvalue weighted by atomic mass is 9.92. The first-order chi connectivity index (χ1) is 9.83. The summed E-state index contributed by atoms with van der Waals surface area (Å²) in [7, 11) is 1.68. The third-order valence-electron chi connectivity index (χ3n) is 4.62. The Morgan fingerprint density at radius 1 is 1.30 bits per heavy atom. The van der Waals surface area contributed by atoms with Gasteiger partial charge in [0.05, 0.1) is 18.8 Å². The Morgan fingerprint density at radius 2 is 2.15 bits per heavy atom. The molecular formula is C16H25N3O. The second-order valence-corrected chi connectivity index (χ2v) is 6.01. The third-order valence-corrected chi connectivity index (χ3v) is 4.62. The van der Waals surface area contributed by atoms with Crippen LogP contribution in [0.25, 0.3) is 0 Å². The van der Waals surface area contributed by atoms with Gasteiger partial charge < -0.3 is 10.5 Å². The Balaban J connectivity index is 1.93. The molecule has 0 spiro atoms. The van der Waals surface area contributed by atoms with E-state index in [2.05, 4.69) is 11.0 Å². The highest BCUT2D eigenvalue weighted by atomic mass is 16.5. The molecule has 2 fully saturated rings. The molecule has 20 heavy (non-hydrogen) atoms. The van der Waals surface area contributed by atoms with E-state index in [1.807, 2.05) is 12.1 Å². The molecule has 4 nitrogen and oxygen atoms in total. The van der Waals surface area contributed by atoms with Gasteiger partial charge in [-0.1, -0.05) is 12.5 Å². The first kappa shape index (κ1) is 13.8. The van der Waals surface area contributed by atoms with Crippen molar-refractivity contribution in [3.63, 3.8) is 0 Å². The average Bonchev–Trinajstić information content (AvgIpc) is 3.32. The summed E-state index contributed by atoms with van der Waals surface area (Å²) in [6.45, 7) is 1.93. The summed E-state index contributed by atoms with van der Waals surface area (Å²) < 4.78 is 5.30. The van der Waals surface area contributed by atoms with Gasteiger partial charge in [-0.3, -0.25) is 4.90 Å². The maximum absolute atomic E-state index is 6.07. The van der Waals surface area contributed by atoms with Gasteiger partial charge in [0.2, 0.25) is 5.88 Å². The van der Waals surface area contributed by atoms with Crippen molar-refractivity contribution < 1.29 is 4.74 Å². The van der Waals surface area contributed by atoms with Gasteiger partial charge in [0, 0.05) is 12.1 Å². The standard InChI is InChI=1S/C16H25N3O/c1-20-15-7-4-6-14(18-15)16-12(11-17)5-2-3-10-19(16)13-8-9-13/h4,6-7,12-13,16H,2-3,5,8-11,17H2,1H3. The number of rotatable bonds is 4. The van der Waals surface area contributed by atoms with Gasteiger partial charge in [0.25, 0.3) is 0 Å². The molecule has 0 amide bonds. The molecule has 2 N–H and O–H groups in total. The third kappa shape index (κ3) is 2.81. The fourth-order valence-electron chi connectivity index (χ4n) is 3.45. The van der Waals surface area contributed by atoms with E-state index >= 15 is 0 Å². The van der Waals surface area contributed by atoms with Crippen LogP contribution in [0.1, 0.15) is 43.8 Å². The number of aromatic nitrogens is 1. The fraction of sp³-hybridized carbons (Fsp3) is 0.688. The SMILES string of the molecule is COc1cccc(C2C(CN)CCCCN2C2CC2)n1. The van der Waals surface area contributed by atoms with Crippen LogP contribution in [-0.2, 0) is 0 Å². The van der Waals surface area contributed by atoms with Crippen LogP contribution in [-0.4, -0.2) is 36.1 Å². The minimum atomic E-state index is 0.366. The number of pyridine rings is 1. The highest BCUT2D eigenvalue weighted by molar-refractivity contribution is 5.20. The summed E-state index contributed by atoms with van der Waals surface area (Å²) in [5.41, 5.74) is 7.20. The molecule has 2 aliphatic rings. The lowest BCUT2D eigenvalue weighted by Gasteiger charge is -2.34. The maximum atomic E-state index is 6.07. The second kappa shape index (κ2) is 6.10. The zero-order chi connectivity index (χ0) is 13.9. The molecule has 3 rings (SSSR count). The minimum Gasteiger partial charge on any atom is -0.481 e. The molecule has 1 aromatic heterocycles. The lowest BCUT2D eigenvalue weighted by molar-refractivity contribution is 0.145. The number of likely N-dealkylation sites (tertiary alicyclic amines) is 1. The van der Waals surface area contributed by atoms with Crippen LogP contribution >= 0.6 is 0 Å². The van der Waals surface area contributed by atoms with E-state index in [4.69, 9.17) is 15.5 Å². The highest BCUT2D eigenvalue weighted by Crippen LogP contribution is 2.41. The zero-order valence-electron chi connectivity index (χ0n) is 12.3. The molecule has 2 heterocycles. The van der Waals surface area contributed by atoms with Crippen molar-refractivity contribution in [2.75, 3.05) is 20.2 Å². The van der Waals surface area contributed by atoms with Crippen molar-refractivity contribution in [3.8, 4) is 5.88 Å². The van der Waals surface area contributed by atoms with Gasteiger partial charge in [0.1, 0.15) is 0 Å². The molecule has 110 valence electrons. The van der Waals surface area contributed by atoms with E-state index in [0.29, 0.717) is 17.8 Å². The van der Waals surface area contributed by atoms with Crippen molar-refractivity contribution >= 4 is 0 Å². The molecule has 1 aromatic rings. The lowest BCUT2D eigenvalue weighted by Crippen LogP contribution is -2.37. The van der Waals surface area contributed by atoms with Crippen LogP contribution in [0.3, 0.4) is 0 Å². The largest absolute Gasteiger partial charge is 0.481 e. The van der Waals surface area contributed by atoms with Crippen LogP contribution in [0.4, 0.5) is 0 Å². The zero-order valence-corrected chi connectivity index (χ0v) is 12.3. The van der Waals surface area contributed by atoms with Crippen LogP contribution in [0.2, 0.25) is 0 Å². The highest BCUT2D eigenvalue weighted by Gasteiger charge is 2.39. The Bertz CT molecular complexity index is 447. The van der Waals surface area contributed by atoms with Crippen molar-refractivity contribution in [3.05, 3.63) is 23.9 Å². The fourth-order valence-corrected chi connectivity index (χ4v) is 3.45. The Labute approximate surface area is 121 Å². The summed E-state index contributed by atoms with van der Waals surface area (Å²) in [5.74, 6) is 1.22. The number of methoxy groups -OCH3 is 1. The molecule has 0 radical (unpaired) electrons. The monoisotopic (exact) mass is 275 g/mol. The smallest absolute Gasteiger partial charge is 0.213 e.